The van der Waals surface area contributed by atoms with Crippen LogP contribution >= 0.6 is 0 Å². The number of hydrogen-bond donors (Lipinski definition) is 1. The molecule has 0 saturated carbocycles. The van der Waals surface area contributed by atoms with Gasteiger partial charge in [-0.05, 0) is 138 Å². The molecule has 68 heavy (non-hydrogen) atoms. The van der Waals surface area contributed by atoms with Crippen molar-refractivity contribution < 1.29 is 40.7 Å². The van der Waals surface area contributed by atoms with Crippen molar-refractivity contribution in [2.45, 2.75) is 87.5 Å². The summed E-state index contributed by atoms with van der Waals surface area (Å²) in [5, 5.41) is 10.9. The van der Waals surface area contributed by atoms with Crippen molar-refractivity contribution in [3.05, 3.63) is 107 Å². The molecule has 366 valence electrons. The van der Waals surface area contributed by atoms with Crippen LogP contribution in [0.15, 0.2) is 94.7 Å². The van der Waals surface area contributed by atoms with Crippen LogP contribution in [0, 0.1) is 22.0 Å². The molecule has 4 aromatic carbocycles. The highest BCUT2D eigenvalue weighted by Gasteiger charge is 2.32. The summed E-state index contributed by atoms with van der Waals surface area (Å²) in [6.07, 6.45) is 3.96. The van der Waals surface area contributed by atoms with Crippen LogP contribution in [0.3, 0.4) is 0 Å². The van der Waals surface area contributed by atoms with E-state index in [1.165, 1.54) is 47.8 Å². The molecule has 2 aliphatic rings. The standard InChI is InChI=1S/C24H30N4O6S.C24H32N4O4S/c1-24(2,33-4)23-25-21-15-19(7-10-22(21)27(23)16-17-11-13-34-14-12-17)26(3)35(31,32)20-8-5-18(6-9-20)28(29)30;1-24(2,31-4)23-26-21-15-19(27(3)33(29,30)20-8-5-18(25)6-9-20)7-10-22(21)28(23)16-17-11-13-32-14-12-17/h5-10,15,17H,11-14,16H2,1-4H3;5-10,15,17H,11-14,16,25H2,1-4H3. The SMILES string of the molecule is COC(C)(C)c1nc2cc(N(C)S(=O)(=O)c3ccc(N)cc3)ccc2n1CC1CCOCC1.COC(C)(C)c1nc2cc(N(C)S(=O)(=O)c3ccc([N+](=O)[O-])cc3)ccc2n1CC1CCOCC1. The molecule has 2 saturated heterocycles. The molecular weight excluding hydrogens is 913 g/mol. The van der Waals surface area contributed by atoms with Gasteiger partial charge in [0, 0.05) is 85.7 Å². The highest BCUT2D eigenvalue weighted by atomic mass is 32.2. The second-order valence-corrected chi connectivity index (χ2v) is 22.2. The van der Waals surface area contributed by atoms with Crippen molar-refractivity contribution >= 4 is 64.9 Å². The highest BCUT2D eigenvalue weighted by Crippen LogP contribution is 2.35. The molecule has 2 fully saturated rings. The van der Waals surface area contributed by atoms with Crippen molar-refractivity contribution in [1.82, 2.24) is 19.1 Å². The number of nitrogen functional groups attached to an aromatic ring is 1. The van der Waals surface area contributed by atoms with Gasteiger partial charge in [0.15, 0.2) is 0 Å². The Labute approximate surface area is 398 Å². The van der Waals surface area contributed by atoms with Crippen LogP contribution in [-0.2, 0) is 63.3 Å². The van der Waals surface area contributed by atoms with Crippen LogP contribution in [-0.4, -0.2) is 95.6 Å². The van der Waals surface area contributed by atoms with Gasteiger partial charge in [-0.1, -0.05) is 0 Å². The van der Waals surface area contributed by atoms with Gasteiger partial charge in [0.1, 0.15) is 22.9 Å². The van der Waals surface area contributed by atoms with E-state index in [2.05, 4.69) is 9.13 Å². The number of anilines is 3. The van der Waals surface area contributed by atoms with Gasteiger partial charge in [-0.3, -0.25) is 18.7 Å². The zero-order chi connectivity index (χ0) is 49.2. The number of aromatic nitrogens is 4. The van der Waals surface area contributed by atoms with E-state index < -0.39 is 36.2 Å². The number of nitro benzene ring substituents is 1. The van der Waals surface area contributed by atoms with E-state index in [0.717, 1.165) is 97.7 Å². The zero-order valence-electron chi connectivity index (χ0n) is 39.9. The summed E-state index contributed by atoms with van der Waals surface area (Å²) in [6.45, 7) is 12.5. The van der Waals surface area contributed by atoms with E-state index in [4.69, 9.17) is 34.6 Å². The lowest BCUT2D eigenvalue weighted by Gasteiger charge is -2.27. The molecule has 0 bridgehead atoms. The quantitative estimate of drug-likeness (QED) is 0.0590. The summed E-state index contributed by atoms with van der Waals surface area (Å²) in [4.78, 5) is 20.3. The minimum Gasteiger partial charge on any atom is -0.399 e. The average Bonchev–Trinajstić information content (AvgIpc) is 3.90. The summed E-state index contributed by atoms with van der Waals surface area (Å²) in [7, 11) is -1.33. The smallest absolute Gasteiger partial charge is 0.269 e. The fourth-order valence-corrected chi connectivity index (χ4v) is 10.8. The predicted molar refractivity (Wildman–Crippen MR) is 262 cm³/mol. The van der Waals surface area contributed by atoms with E-state index in [9.17, 15) is 26.9 Å². The molecule has 2 aromatic heterocycles. The molecule has 6 aromatic rings. The Kier molecular flexibility index (Phi) is 14.9. The number of imidazole rings is 2. The van der Waals surface area contributed by atoms with Gasteiger partial charge < -0.3 is 33.8 Å². The third-order valence-electron chi connectivity index (χ3n) is 13.1. The van der Waals surface area contributed by atoms with Crippen LogP contribution in [0.2, 0.25) is 0 Å². The van der Waals surface area contributed by atoms with Gasteiger partial charge >= 0.3 is 0 Å². The Morgan fingerprint density at radius 2 is 1.03 bits per heavy atom. The van der Waals surface area contributed by atoms with Crippen molar-refractivity contribution in [2.75, 3.05) is 69.1 Å². The van der Waals surface area contributed by atoms with E-state index in [0.29, 0.717) is 34.4 Å². The number of nitrogens with zero attached hydrogens (tertiary/aromatic N) is 7. The Bertz CT molecular complexity index is 2960. The molecular formula is C48H62N8O10S2. The minimum absolute atomic E-state index is 0.0306. The number of rotatable bonds is 15. The Balaban J connectivity index is 0.000000202. The molecule has 0 radical (unpaired) electrons. The number of sulfonamides is 2. The third-order valence-corrected chi connectivity index (χ3v) is 16.7. The first-order chi connectivity index (χ1) is 32.2. The summed E-state index contributed by atoms with van der Waals surface area (Å²) in [6, 6.07) is 22.0. The molecule has 18 nitrogen and oxygen atoms in total. The van der Waals surface area contributed by atoms with Crippen molar-refractivity contribution in [3.8, 4) is 0 Å². The Morgan fingerprint density at radius 3 is 1.38 bits per heavy atom. The molecule has 0 atom stereocenters. The molecule has 0 spiro atoms. The molecule has 4 heterocycles. The summed E-state index contributed by atoms with van der Waals surface area (Å²) in [5.74, 6) is 2.56. The lowest BCUT2D eigenvalue weighted by Crippen LogP contribution is -2.28. The number of nitrogens with two attached hydrogens (primary N) is 1. The van der Waals surface area contributed by atoms with Gasteiger partial charge in [-0.15, -0.1) is 0 Å². The number of non-ortho nitro benzene ring substituents is 1. The maximum Gasteiger partial charge on any atom is 0.269 e. The largest absolute Gasteiger partial charge is 0.399 e. The lowest BCUT2D eigenvalue weighted by atomic mass is 9.99. The van der Waals surface area contributed by atoms with Gasteiger partial charge in [0.2, 0.25) is 0 Å². The van der Waals surface area contributed by atoms with Gasteiger partial charge in [0.05, 0.1) is 48.2 Å². The molecule has 0 aliphatic carbocycles. The first-order valence-corrected chi connectivity index (χ1v) is 25.4. The highest BCUT2D eigenvalue weighted by molar-refractivity contribution is 7.93. The summed E-state index contributed by atoms with van der Waals surface area (Å²) < 4.78 is 82.0. The number of methoxy groups -OCH3 is 2. The number of nitro groups is 1. The first kappa shape index (κ1) is 50.2. The fourth-order valence-electron chi connectivity index (χ4n) is 8.45. The van der Waals surface area contributed by atoms with Gasteiger partial charge in [-0.25, -0.2) is 26.8 Å². The fraction of sp³-hybridized carbons (Fsp3) is 0.458. The lowest BCUT2D eigenvalue weighted by molar-refractivity contribution is -0.384. The molecule has 8 rings (SSSR count). The first-order valence-electron chi connectivity index (χ1n) is 22.5. The van der Waals surface area contributed by atoms with E-state index >= 15 is 0 Å². The molecule has 2 N–H and O–H groups in total. The predicted octanol–water partition coefficient (Wildman–Crippen LogP) is 7.83. The molecule has 0 amide bonds. The van der Waals surface area contributed by atoms with Gasteiger partial charge in [0.25, 0.3) is 25.7 Å². The van der Waals surface area contributed by atoms with Gasteiger partial charge in [-0.2, -0.15) is 0 Å². The number of hydrogen-bond acceptors (Lipinski definition) is 13. The maximum atomic E-state index is 13.2. The normalized spacial score (nSPS) is 15.6. The number of ether oxygens (including phenoxy) is 4. The van der Waals surface area contributed by atoms with E-state index in [1.807, 2.05) is 52.0 Å². The summed E-state index contributed by atoms with van der Waals surface area (Å²) in [5.41, 5.74) is 9.07. The third kappa shape index (κ3) is 10.5. The zero-order valence-corrected chi connectivity index (χ0v) is 41.5. The van der Waals surface area contributed by atoms with Crippen LogP contribution < -0.4 is 14.3 Å². The van der Waals surface area contributed by atoms with Crippen LogP contribution in [0.1, 0.15) is 65.0 Å². The topological polar surface area (TPSA) is 216 Å². The molecule has 0 unspecified atom stereocenters. The van der Waals surface area contributed by atoms with Crippen LogP contribution in [0.25, 0.3) is 22.1 Å². The second-order valence-electron chi connectivity index (χ2n) is 18.2. The van der Waals surface area contributed by atoms with Crippen molar-refractivity contribution in [1.29, 1.82) is 0 Å². The van der Waals surface area contributed by atoms with Crippen molar-refractivity contribution in [2.24, 2.45) is 11.8 Å². The van der Waals surface area contributed by atoms with E-state index in [-0.39, 0.29) is 15.5 Å². The number of fused-ring (bicyclic) bond motifs is 2. The molecule has 20 heteroatoms. The minimum atomic E-state index is -3.92. The van der Waals surface area contributed by atoms with Crippen molar-refractivity contribution in [3.63, 3.8) is 0 Å². The second kappa shape index (κ2) is 20.1. The monoisotopic (exact) mass is 974 g/mol. The Hall–Kier alpha value is -5.64. The number of benzene rings is 4. The average molecular weight is 975 g/mol. The van der Waals surface area contributed by atoms with Crippen LogP contribution in [0.5, 0.6) is 0 Å². The maximum absolute atomic E-state index is 13.2. The van der Waals surface area contributed by atoms with Crippen LogP contribution in [0.4, 0.5) is 22.7 Å². The Morgan fingerprint density at radius 1 is 0.662 bits per heavy atom. The summed E-state index contributed by atoms with van der Waals surface area (Å²) >= 11 is 0. The molecule has 2 aliphatic heterocycles. The van der Waals surface area contributed by atoms with E-state index in [1.54, 1.807) is 45.5 Å².